The average molecular weight is 925 g/mol. The molecular formula is C48H44AsO3Ta. The normalized spacial score (nSPS) is 20.2. The average Bonchev–Trinajstić information content (AvgIpc) is 3.14. The summed E-state index contributed by atoms with van der Waals surface area (Å²) in [6.07, 6.45) is 48.0. The van der Waals surface area contributed by atoms with Crippen molar-refractivity contribution in [1.29, 1.82) is 0 Å². The molecular weight excluding hydrogens is 880 g/mol. The first-order valence-corrected chi connectivity index (χ1v) is 24.8. The van der Waals surface area contributed by atoms with Crippen LogP contribution in [0.1, 0.15) is 0 Å². The first-order valence-electron chi connectivity index (χ1n) is 17.1. The monoisotopic (exact) mass is 924 g/mol. The second kappa shape index (κ2) is 27.3. The molecule has 0 N–H and O–H groups in total. The summed E-state index contributed by atoms with van der Waals surface area (Å²) >= 11 is -7.11. The molecule has 4 aromatic rings. The Labute approximate surface area is 324 Å². The zero-order valence-electron chi connectivity index (χ0n) is 29.5. The van der Waals surface area contributed by atoms with Gasteiger partial charge in [-0.25, -0.2) is 0 Å². The molecule has 0 saturated heterocycles. The molecule has 5 heteroatoms. The first kappa shape index (κ1) is 42.0. The number of benzene rings is 4. The van der Waals surface area contributed by atoms with Gasteiger partial charge in [-0.05, 0) is 0 Å². The molecule has 0 aliphatic heterocycles. The molecule has 0 saturated carbocycles. The van der Waals surface area contributed by atoms with Crippen LogP contribution in [0, 0.1) is 0 Å². The van der Waals surface area contributed by atoms with E-state index in [9.17, 15) is 0 Å². The van der Waals surface area contributed by atoms with E-state index in [0.29, 0.717) is 0 Å². The fourth-order valence-electron chi connectivity index (χ4n) is 5.04. The van der Waals surface area contributed by atoms with Crippen LogP contribution in [0.15, 0.2) is 267 Å². The Balaban J connectivity index is 0.000000219. The molecule has 53 heavy (non-hydrogen) atoms. The van der Waals surface area contributed by atoms with Crippen molar-refractivity contribution in [3.05, 3.63) is 267 Å². The topological polar surface area (TPSA) is 57.2 Å². The maximum atomic E-state index is 8.62. The van der Waals surface area contributed by atoms with Crippen molar-refractivity contribution in [3.8, 4) is 0 Å². The molecule has 0 unspecified atom stereocenters. The van der Waals surface area contributed by atoms with E-state index in [-0.39, 0.29) is 0 Å². The Morgan fingerprint density at radius 2 is 0.377 bits per heavy atom. The van der Waals surface area contributed by atoms with Gasteiger partial charge >= 0.3 is 181 Å². The first-order chi connectivity index (χ1) is 26.2. The van der Waals surface area contributed by atoms with Crippen LogP contribution in [0.2, 0.25) is 0 Å². The Morgan fingerprint density at radius 1 is 0.264 bits per heavy atom. The van der Waals surface area contributed by atoms with Crippen molar-refractivity contribution in [1.82, 2.24) is 0 Å². The predicted octanol–water partition coefficient (Wildman–Crippen LogP) is 8.31. The summed E-state index contributed by atoms with van der Waals surface area (Å²) in [6.45, 7) is 0. The summed E-state index contributed by atoms with van der Waals surface area (Å²) in [5.41, 5.74) is 0. The molecule has 264 valence electrons. The van der Waals surface area contributed by atoms with Crippen LogP contribution < -0.4 is 21.0 Å². The molecule has 0 heterocycles. The zero-order valence-corrected chi connectivity index (χ0v) is 34.6. The second-order valence-electron chi connectivity index (χ2n) is 10.9. The third-order valence-corrected chi connectivity index (χ3v) is 16.2. The number of hydrogen-bond acceptors (Lipinski definition) is 3. The van der Waals surface area contributed by atoms with Gasteiger partial charge in [0.2, 0.25) is 0 Å². The van der Waals surface area contributed by atoms with Crippen molar-refractivity contribution in [2.45, 2.75) is 0 Å². The summed E-state index contributed by atoms with van der Waals surface area (Å²) < 4.78 is 31.7. The maximum absolute atomic E-state index is 8.62. The van der Waals surface area contributed by atoms with E-state index < -0.39 is 32.3 Å². The van der Waals surface area contributed by atoms with Gasteiger partial charge in [-0.1, -0.05) is 146 Å². The molecule has 3 aliphatic carbocycles. The van der Waals surface area contributed by atoms with E-state index in [1.165, 1.54) is 17.4 Å². The third kappa shape index (κ3) is 16.7. The van der Waals surface area contributed by atoms with Gasteiger partial charge in [0.15, 0.2) is 0 Å². The van der Waals surface area contributed by atoms with Crippen LogP contribution in [-0.2, 0) is 25.3 Å². The summed E-state index contributed by atoms with van der Waals surface area (Å²) in [4.78, 5) is 0. The summed E-state index contributed by atoms with van der Waals surface area (Å²) in [7, 11) is 0. The molecule has 0 amide bonds. The van der Waals surface area contributed by atoms with Gasteiger partial charge in [0.25, 0.3) is 0 Å². The minimum atomic E-state index is -4.34. The van der Waals surface area contributed by atoms with E-state index in [2.05, 4.69) is 121 Å². The molecule has 0 radical (unpaired) electrons. The van der Waals surface area contributed by atoms with Crippen LogP contribution in [0.5, 0.6) is 0 Å². The van der Waals surface area contributed by atoms with Crippen molar-refractivity contribution in [2.75, 3.05) is 0 Å². The van der Waals surface area contributed by atoms with Gasteiger partial charge in [0.1, 0.15) is 0 Å². The Bertz CT molecular complexity index is 1610. The van der Waals surface area contributed by atoms with E-state index in [1.807, 2.05) is 146 Å². The van der Waals surface area contributed by atoms with Crippen LogP contribution in [0.25, 0.3) is 0 Å². The van der Waals surface area contributed by atoms with Gasteiger partial charge in [-0.2, -0.15) is 0 Å². The Morgan fingerprint density at radius 3 is 0.491 bits per heavy atom. The Kier molecular flexibility index (Phi) is 21.6. The van der Waals surface area contributed by atoms with E-state index in [4.69, 9.17) is 10.1 Å². The zero-order chi connectivity index (χ0) is 37.5. The molecule has 4 aromatic carbocycles. The molecule has 7 rings (SSSR count). The van der Waals surface area contributed by atoms with E-state index in [0.717, 1.165) is 0 Å². The predicted molar refractivity (Wildman–Crippen MR) is 221 cm³/mol. The van der Waals surface area contributed by atoms with Gasteiger partial charge in [0, 0.05) is 0 Å². The molecule has 0 atom stereocenters. The van der Waals surface area contributed by atoms with Crippen molar-refractivity contribution in [2.24, 2.45) is 0 Å². The van der Waals surface area contributed by atoms with Crippen LogP contribution in [0.4, 0.5) is 0 Å². The van der Waals surface area contributed by atoms with Gasteiger partial charge < -0.3 is 0 Å². The fourth-order valence-corrected chi connectivity index (χ4v) is 14.0. The standard InChI is InChI=1S/C24H20As.3C8H8.3O.Ta/c1-5-13-21(14-6-1)25(22-15-7-2-8-16-22,23-17-9-3-10-18-23)24-19-11-4-12-20-24;3*1-2-4-6-8-7-5-3-1;;;;/h1-20H;3*1-8H;;;;/q+1;;;;;;-1;/b;3*2-1-,3-1?,4-2?,5-3-,6-4-,7-5?,8-6?,8-7-;;;;. The Hall–Kier alpha value is -5.38. The van der Waals surface area contributed by atoms with Crippen molar-refractivity contribution in [3.63, 3.8) is 0 Å². The summed E-state index contributed by atoms with van der Waals surface area (Å²) in [5, 5.41) is 0. The number of hydrogen-bond donors (Lipinski definition) is 0. The third-order valence-electron chi connectivity index (χ3n) is 7.24. The fraction of sp³-hybridized carbons (Fsp3) is 0. The van der Waals surface area contributed by atoms with Gasteiger partial charge in [0.05, 0.1) is 0 Å². The molecule has 3 nitrogen and oxygen atoms in total. The SMILES string of the molecule is C1=C\C=C/C=C\C=C/1.C1=C\C=C/C=C\C=C/1.C1=C\C=C/C=C\C=C/1.[O]=[Ta](=[O])[O-].c1ccc([As+](c2ccccc2)(c2ccccc2)c2ccccc2)cc1. The molecule has 0 fully saturated rings. The van der Waals surface area contributed by atoms with E-state index in [1.54, 1.807) is 0 Å². The van der Waals surface area contributed by atoms with Gasteiger partial charge in [-0.3, -0.25) is 0 Å². The van der Waals surface area contributed by atoms with Crippen molar-refractivity contribution < 1.29 is 28.9 Å². The minimum absolute atomic E-state index is 1.45. The van der Waals surface area contributed by atoms with Crippen LogP contribution in [-0.4, -0.2) is 13.6 Å². The van der Waals surface area contributed by atoms with E-state index >= 15 is 0 Å². The van der Waals surface area contributed by atoms with Gasteiger partial charge in [-0.15, -0.1) is 0 Å². The van der Waals surface area contributed by atoms with Crippen molar-refractivity contribution >= 4 is 31.0 Å². The molecule has 0 spiro atoms. The molecule has 0 bridgehead atoms. The molecule has 0 aromatic heterocycles. The van der Waals surface area contributed by atoms with Crippen LogP contribution >= 0.6 is 0 Å². The molecule has 3 aliphatic rings. The number of allylic oxidation sites excluding steroid dienone is 24. The number of rotatable bonds is 4. The second-order valence-corrected chi connectivity index (χ2v) is 19.6. The summed E-state index contributed by atoms with van der Waals surface area (Å²) in [6, 6.07) is 44.2. The quantitative estimate of drug-likeness (QED) is 0.194. The van der Waals surface area contributed by atoms with Crippen LogP contribution in [0.3, 0.4) is 0 Å². The summed E-state index contributed by atoms with van der Waals surface area (Å²) in [5.74, 6) is 0.